The quantitative estimate of drug-likeness (QED) is 0.364. The molecule has 160 valence electrons. The Bertz CT molecular complexity index is 1350. The van der Waals surface area contributed by atoms with Crippen LogP contribution in [0.5, 0.6) is 5.75 Å². The van der Waals surface area contributed by atoms with Gasteiger partial charge in [0.05, 0.1) is 11.8 Å². The Balaban J connectivity index is 1.68. The van der Waals surface area contributed by atoms with Crippen molar-refractivity contribution in [2.75, 3.05) is 11.9 Å². The van der Waals surface area contributed by atoms with Gasteiger partial charge in [-0.05, 0) is 29.8 Å². The van der Waals surface area contributed by atoms with Crippen LogP contribution in [0.4, 0.5) is 5.82 Å². The Morgan fingerprint density at radius 1 is 1.09 bits per heavy atom. The van der Waals surface area contributed by atoms with E-state index in [-0.39, 0.29) is 22.4 Å². The van der Waals surface area contributed by atoms with Crippen LogP contribution in [0.15, 0.2) is 88.9 Å². The van der Waals surface area contributed by atoms with E-state index in [4.69, 9.17) is 0 Å². The van der Waals surface area contributed by atoms with E-state index in [1.165, 1.54) is 22.7 Å². The van der Waals surface area contributed by atoms with E-state index in [0.29, 0.717) is 18.0 Å². The van der Waals surface area contributed by atoms with Crippen molar-refractivity contribution in [2.45, 2.75) is 6.54 Å². The molecular formula is C24H21N5O3. The molecule has 0 bridgehead atoms. The van der Waals surface area contributed by atoms with Crippen LogP contribution >= 0.6 is 0 Å². The summed E-state index contributed by atoms with van der Waals surface area (Å²) in [5.74, 6) is -0.311. The lowest BCUT2D eigenvalue weighted by molar-refractivity contribution is 0.0952. The average Bonchev–Trinajstić information content (AvgIpc) is 2.81. The largest absolute Gasteiger partial charge is 0.507 e. The van der Waals surface area contributed by atoms with Gasteiger partial charge >= 0.3 is 0 Å². The molecule has 0 spiro atoms. The van der Waals surface area contributed by atoms with E-state index < -0.39 is 5.91 Å². The molecule has 2 N–H and O–H groups in total. The van der Waals surface area contributed by atoms with Crippen LogP contribution in [0.25, 0.3) is 5.65 Å². The van der Waals surface area contributed by atoms with Crippen LogP contribution in [-0.4, -0.2) is 33.7 Å². The molecular weight excluding hydrogens is 406 g/mol. The first-order valence-corrected chi connectivity index (χ1v) is 9.92. The van der Waals surface area contributed by atoms with Crippen LogP contribution in [-0.2, 0) is 6.54 Å². The molecule has 0 radical (unpaired) electrons. The van der Waals surface area contributed by atoms with E-state index in [2.05, 4.69) is 15.5 Å². The average molecular weight is 427 g/mol. The van der Waals surface area contributed by atoms with Crippen LogP contribution in [0.2, 0.25) is 0 Å². The first-order chi connectivity index (χ1) is 15.5. The number of nitrogens with one attached hydrogen (secondary N) is 1. The number of phenolic OH excluding ortho intramolecular Hbond substituents is 1. The number of hydrogen-bond acceptors (Lipinski definition) is 6. The molecule has 4 aromatic rings. The summed E-state index contributed by atoms with van der Waals surface area (Å²) >= 11 is 0. The number of fused-ring (bicyclic) bond motifs is 1. The Kier molecular flexibility index (Phi) is 5.94. The fraction of sp³-hybridized carbons (Fsp3) is 0.0833. The number of hydrogen-bond donors (Lipinski definition) is 2. The molecule has 0 fully saturated rings. The molecule has 0 saturated carbocycles. The van der Waals surface area contributed by atoms with Gasteiger partial charge in [0, 0.05) is 19.8 Å². The third-order valence-corrected chi connectivity index (χ3v) is 4.88. The maximum absolute atomic E-state index is 13.2. The Labute approximate surface area is 184 Å². The van der Waals surface area contributed by atoms with Crippen LogP contribution < -0.4 is 15.9 Å². The van der Waals surface area contributed by atoms with E-state index in [0.717, 1.165) is 5.56 Å². The summed E-state index contributed by atoms with van der Waals surface area (Å²) in [5.41, 5.74) is 3.91. The molecule has 1 amide bonds. The van der Waals surface area contributed by atoms with Crippen molar-refractivity contribution in [1.82, 2.24) is 14.8 Å². The molecule has 32 heavy (non-hydrogen) atoms. The number of nitrogens with zero attached hydrogens (tertiary/aromatic N) is 4. The zero-order valence-electron chi connectivity index (χ0n) is 17.3. The smallest absolute Gasteiger partial charge is 0.275 e. The molecule has 8 heteroatoms. The van der Waals surface area contributed by atoms with Gasteiger partial charge in [0.2, 0.25) is 0 Å². The molecule has 0 aliphatic heterocycles. The van der Waals surface area contributed by atoms with Crippen molar-refractivity contribution in [3.8, 4) is 5.75 Å². The first kappa shape index (κ1) is 20.8. The van der Waals surface area contributed by atoms with E-state index in [1.807, 2.05) is 48.3 Å². The van der Waals surface area contributed by atoms with Gasteiger partial charge in [-0.1, -0.05) is 48.5 Å². The van der Waals surface area contributed by atoms with Crippen LogP contribution in [0, 0.1) is 0 Å². The molecule has 0 aliphatic rings. The molecule has 2 heterocycles. The number of hydrazone groups is 1. The van der Waals surface area contributed by atoms with Gasteiger partial charge in [-0.25, -0.2) is 10.4 Å². The third kappa shape index (κ3) is 4.34. The Morgan fingerprint density at radius 2 is 1.81 bits per heavy atom. The summed E-state index contributed by atoms with van der Waals surface area (Å²) in [7, 11) is 1.84. The van der Waals surface area contributed by atoms with Gasteiger partial charge in [0.1, 0.15) is 22.8 Å². The molecule has 0 aliphatic carbocycles. The number of phenols is 1. The number of aromatic nitrogens is 2. The van der Waals surface area contributed by atoms with Gasteiger partial charge in [0.25, 0.3) is 11.5 Å². The number of carbonyl (C=O) groups is 1. The number of pyridine rings is 1. The number of rotatable bonds is 6. The lowest BCUT2D eigenvalue weighted by Crippen LogP contribution is -2.28. The molecule has 8 nitrogen and oxygen atoms in total. The Morgan fingerprint density at radius 3 is 2.59 bits per heavy atom. The number of carbonyl (C=O) groups excluding carboxylic acids is 1. The summed E-state index contributed by atoms with van der Waals surface area (Å²) in [5, 5.41) is 13.8. The minimum atomic E-state index is -0.590. The second-order valence-corrected chi connectivity index (χ2v) is 7.14. The summed E-state index contributed by atoms with van der Waals surface area (Å²) in [4.78, 5) is 32.0. The Hall–Kier alpha value is -4.46. The van der Waals surface area contributed by atoms with Crippen molar-refractivity contribution >= 4 is 23.6 Å². The van der Waals surface area contributed by atoms with E-state index in [9.17, 15) is 14.7 Å². The zero-order chi connectivity index (χ0) is 22.5. The zero-order valence-corrected chi connectivity index (χ0v) is 17.3. The molecule has 0 atom stereocenters. The minimum absolute atomic E-state index is 0.0828. The monoisotopic (exact) mass is 427 g/mol. The standard InChI is InChI=1S/C24H21N5O3/c1-28(16-17-9-3-2-4-10-17)22-19(24(32)29-14-8-7-13-21(29)26-22)15-25-27-23(31)18-11-5-6-12-20(18)30/h2-15,30H,16H2,1H3,(H,27,31)/b25-15-. The number of benzene rings is 2. The summed E-state index contributed by atoms with van der Waals surface area (Å²) in [6.07, 6.45) is 2.91. The maximum atomic E-state index is 13.2. The van der Waals surface area contributed by atoms with Crippen molar-refractivity contribution in [1.29, 1.82) is 0 Å². The van der Waals surface area contributed by atoms with Crippen molar-refractivity contribution in [3.05, 3.63) is 106 Å². The highest BCUT2D eigenvalue weighted by atomic mass is 16.3. The second-order valence-electron chi connectivity index (χ2n) is 7.14. The molecule has 0 saturated heterocycles. The maximum Gasteiger partial charge on any atom is 0.275 e. The van der Waals surface area contributed by atoms with Crippen LogP contribution in [0.3, 0.4) is 0 Å². The van der Waals surface area contributed by atoms with E-state index >= 15 is 0 Å². The fourth-order valence-electron chi connectivity index (χ4n) is 3.31. The predicted octanol–water partition coefficient (Wildman–Crippen LogP) is 2.80. The van der Waals surface area contributed by atoms with Crippen LogP contribution in [0.1, 0.15) is 21.5 Å². The highest BCUT2D eigenvalue weighted by Gasteiger charge is 2.16. The normalized spacial score (nSPS) is 11.0. The number of anilines is 1. The van der Waals surface area contributed by atoms with Crippen molar-refractivity contribution in [3.63, 3.8) is 0 Å². The van der Waals surface area contributed by atoms with Crippen molar-refractivity contribution in [2.24, 2.45) is 5.10 Å². The number of amides is 1. The van der Waals surface area contributed by atoms with Gasteiger partial charge in [-0.3, -0.25) is 14.0 Å². The van der Waals surface area contributed by atoms with Crippen molar-refractivity contribution < 1.29 is 9.90 Å². The second kappa shape index (κ2) is 9.13. The van der Waals surface area contributed by atoms with Gasteiger partial charge in [-0.2, -0.15) is 5.10 Å². The highest BCUT2D eigenvalue weighted by Crippen LogP contribution is 2.17. The summed E-state index contributed by atoms with van der Waals surface area (Å²) < 4.78 is 1.42. The number of aromatic hydroxyl groups is 1. The summed E-state index contributed by atoms with van der Waals surface area (Å²) in [6.45, 7) is 0.529. The molecule has 2 aromatic carbocycles. The lowest BCUT2D eigenvalue weighted by atomic mass is 10.2. The molecule has 2 aromatic heterocycles. The summed E-state index contributed by atoms with van der Waals surface area (Å²) in [6, 6.07) is 21.3. The molecule has 4 rings (SSSR count). The third-order valence-electron chi connectivity index (χ3n) is 4.88. The van der Waals surface area contributed by atoms with E-state index in [1.54, 1.807) is 30.5 Å². The fourth-order valence-corrected chi connectivity index (χ4v) is 3.31. The molecule has 0 unspecified atom stereocenters. The predicted molar refractivity (Wildman–Crippen MR) is 123 cm³/mol. The highest BCUT2D eigenvalue weighted by molar-refractivity contribution is 5.97. The topological polar surface area (TPSA) is 99.3 Å². The minimum Gasteiger partial charge on any atom is -0.507 e. The SMILES string of the molecule is CN(Cc1ccccc1)c1nc2ccccn2c(=O)c1/C=N\NC(=O)c1ccccc1O. The first-order valence-electron chi connectivity index (χ1n) is 9.92. The number of para-hydroxylation sites is 1. The van der Waals surface area contributed by atoms with Gasteiger partial charge in [0.15, 0.2) is 0 Å². The lowest BCUT2D eigenvalue weighted by Gasteiger charge is -2.20. The van der Waals surface area contributed by atoms with Gasteiger partial charge < -0.3 is 10.0 Å². The van der Waals surface area contributed by atoms with Gasteiger partial charge in [-0.15, -0.1) is 0 Å².